The zero-order valence-corrected chi connectivity index (χ0v) is 11.5. The summed E-state index contributed by atoms with van der Waals surface area (Å²) in [6, 6.07) is 0. The summed E-state index contributed by atoms with van der Waals surface area (Å²) in [6.07, 6.45) is 5.97. The van der Waals surface area contributed by atoms with E-state index in [9.17, 15) is 5.11 Å². The number of rotatable bonds is 8. The average molecular weight is 246 g/mol. The molecule has 0 aromatic carbocycles. The van der Waals surface area contributed by atoms with Gasteiger partial charge in [0.25, 0.3) is 0 Å². The van der Waals surface area contributed by atoms with Gasteiger partial charge in [-0.25, -0.2) is 0 Å². The standard InChI is InChI=1S/C13H26O2S/c1-11(2)9-16-10-12(14)5-3-6-13-7-4-8-15-13/h11-14H,3-10H2,1-2H3. The first kappa shape index (κ1) is 14.3. The Morgan fingerprint density at radius 2 is 2.19 bits per heavy atom. The highest BCUT2D eigenvalue weighted by Gasteiger charge is 2.15. The zero-order chi connectivity index (χ0) is 11.8. The van der Waals surface area contributed by atoms with Gasteiger partial charge in [-0.1, -0.05) is 13.8 Å². The molecule has 2 nitrogen and oxygen atoms in total. The van der Waals surface area contributed by atoms with Crippen LogP contribution in [0.3, 0.4) is 0 Å². The summed E-state index contributed by atoms with van der Waals surface area (Å²) in [5.74, 6) is 2.77. The number of hydrogen-bond donors (Lipinski definition) is 1. The van der Waals surface area contributed by atoms with Gasteiger partial charge in [0.2, 0.25) is 0 Å². The quantitative estimate of drug-likeness (QED) is 0.713. The summed E-state index contributed by atoms with van der Waals surface area (Å²) >= 11 is 1.87. The van der Waals surface area contributed by atoms with Crippen molar-refractivity contribution in [3.63, 3.8) is 0 Å². The highest BCUT2D eigenvalue weighted by atomic mass is 32.2. The molecule has 1 fully saturated rings. The third-order valence-electron chi connectivity index (χ3n) is 2.85. The van der Waals surface area contributed by atoms with Crippen LogP contribution in [0.1, 0.15) is 46.0 Å². The molecule has 0 radical (unpaired) electrons. The van der Waals surface area contributed by atoms with E-state index in [0.29, 0.717) is 6.10 Å². The lowest BCUT2D eigenvalue weighted by molar-refractivity contribution is 0.0966. The monoisotopic (exact) mass is 246 g/mol. The summed E-state index contributed by atoms with van der Waals surface area (Å²) in [5.41, 5.74) is 0. The van der Waals surface area contributed by atoms with Gasteiger partial charge in [-0.05, 0) is 43.8 Å². The lowest BCUT2D eigenvalue weighted by Gasteiger charge is -2.13. The zero-order valence-electron chi connectivity index (χ0n) is 10.7. The van der Waals surface area contributed by atoms with Crippen LogP contribution in [-0.2, 0) is 4.74 Å². The Bertz CT molecular complexity index is 167. The Morgan fingerprint density at radius 3 is 2.81 bits per heavy atom. The van der Waals surface area contributed by atoms with Gasteiger partial charge in [0, 0.05) is 12.4 Å². The maximum Gasteiger partial charge on any atom is 0.0630 e. The van der Waals surface area contributed by atoms with Gasteiger partial charge < -0.3 is 9.84 Å². The van der Waals surface area contributed by atoms with E-state index in [0.717, 1.165) is 43.3 Å². The first-order chi connectivity index (χ1) is 7.68. The van der Waals surface area contributed by atoms with Gasteiger partial charge >= 0.3 is 0 Å². The van der Waals surface area contributed by atoms with Gasteiger partial charge in [-0.2, -0.15) is 11.8 Å². The molecule has 0 aromatic rings. The van der Waals surface area contributed by atoms with E-state index < -0.39 is 0 Å². The molecule has 1 rings (SSSR count). The molecule has 0 amide bonds. The van der Waals surface area contributed by atoms with E-state index in [2.05, 4.69) is 13.8 Å². The Morgan fingerprint density at radius 1 is 1.38 bits per heavy atom. The highest BCUT2D eigenvalue weighted by Crippen LogP contribution is 2.19. The van der Waals surface area contributed by atoms with Crippen molar-refractivity contribution in [1.82, 2.24) is 0 Å². The minimum atomic E-state index is -0.120. The van der Waals surface area contributed by atoms with Crippen LogP contribution >= 0.6 is 11.8 Å². The van der Waals surface area contributed by atoms with E-state index in [4.69, 9.17) is 4.74 Å². The molecule has 2 atom stereocenters. The van der Waals surface area contributed by atoms with Gasteiger partial charge in [-0.15, -0.1) is 0 Å². The van der Waals surface area contributed by atoms with Crippen molar-refractivity contribution in [2.75, 3.05) is 18.1 Å². The Kier molecular flexibility index (Phi) is 7.50. The lowest BCUT2D eigenvalue weighted by Crippen LogP contribution is -2.13. The summed E-state index contributed by atoms with van der Waals surface area (Å²) in [7, 11) is 0. The Labute approximate surface area is 104 Å². The molecule has 1 aliphatic heterocycles. The van der Waals surface area contributed by atoms with E-state index in [1.807, 2.05) is 11.8 Å². The van der Waals surface area contributed by atoms with Gasteiger partial charge in [0.1, 0.15) is 0 Å². The minimum Gasteiger partial charge on any atom is -0.392 e. The fourth-order valence-corrected chi connectivity index (χ4v) is 3.02. The van der Waals surface area contributed by atoms with Crippen molar-refractivity contribution in [2.24, 2.45) is 5.92 Å². The largest absolute Gasteiger partial charge is 0.392 e. The van der Waals surface area contributed by atoms with E-state index in [-0.39, 0.29) is 6.10 Å². The third-order valence-corrected chi connectivity index (χ3v) is 4.37. The molecule has 2 unspecified atom stereocenters. The number of hydrogen-bond acceptors (Lipinski definition) is 3. The molecule has 0 aromatic heterocycles. The molecule has 0 spiro atoms. The molecule has 0 saturated carbocycles. The van der Waals surface area contributed by atoms with Crippen molar-refractivity contribution in [1.29, 1.82) is 0 Å². The molecule has 3 heteroatoms. The molecule has 96 valence electrons. The van der Waals surface area contributed by atoms with Gasteiger partial charge in [0.15, 0.2) is 0 Å². The van der Waals surface area contributed by atoms with Crippen LogP contribution < -0.4 is 0 Å². The lowest BCUT2D eigenvalue weighted by atomic mass is 10.1. The van der Waals surface area contributed by atoms with Crippen molar-refractivity contribution >= 4 is 11.8 Å². The van der Waals surface area contributed by atoms with Crippen LogP contribution in [0.5, 0.6) is 0 Å². The third kappa shape index (κ3) is 6.77. The predicted octanol–water partition coefficient (Wildman–Crippen LogP) is 3.09. The molecule has 0 bridgehead atoms. The second-order valence-electron chi connectivity index (χ2n) is 5.15. The number of aliphatic hydroxyl groups is 1. The van der Waals surface area contributed by atoms with Crippen molar-refractivity contribution in [3.8, 4) is 0 Å². The van der Waals surface area contributed by atoms with Crippen LogP contribution in [0.25, 0.3) is 0 Å². The molecule has 0 aliphatic carbocycles. The van der Waals surface area contributed by atoms with Crippen molar-refractivity contribution < 1.29 is 9.84 Å². The Balaban J connectivity index is 1.91. The van der Waals surface area contributed by atoms with E-state index >= 15 is 0 Å². The van der Waals surface area contributed by atoms with Crippen molar-refractivity contribution in [2.45, 2.75) is 58.2 Å². The van der Waals surface area contributed by atoms with Crippen LogP contribution in [0, 0.1) is 5.92 Å². The molecule has 16 heavy (non-hydrogen) atoms. The fraction of sp³-hybridized carbons (Fsp3) is 1.00. The molecule has 1 N–H and O–H groups in total. The maximum absolute atomic E-state index is 9.77. The van der Waals surface area contributed by atoms with Gasteiger partial charge in [0.05, 0.1) is 12.2 Å². The predicted molar refractivity (Wildman–Crippen MR) is 71.0 cm³/mol. The summed E-state index contributed by atoms with van der Waals surface area (Å²) < 4.78 is 5.56. The topological polar surface area (TPSA) is 29.5 Å². The minimum absolute atomic E-state index is 0.120. The van der Waals surface area contributed by atoms with Crippen LogP contribution in [0.4, 0.5) is 0 Å². The second kappa shape index (κ2) is 8.37. The number of ether oxygens (including phenoxy) is 1. The molecular formula is C13H26O2S. The Hall–Kier alpha value is 0.270. The normalized spacial score (nSPS) is 22.9. The van der Waals surface area contributed by atoms with Crippen LogP contribution in [-0.4, -0.2) is 35.4 Å². The molecule has 1 saturated heterocycles. The number of thioether (sulfide) groups is 1. The van der Waals surface area contributed by atoms with E-state index in [1.165, 1.54) is 12.8 Å². The molecule has 1 heterocycles. The summed E-state index contributed by atoms with van der Waals surface area (Å²) in [4.78, 5) is 0. The average Bonchev–Trinajstić information content (AvgIpc) is 2.70. The van der Waals surface area contributed by atoms with E-state index in [1.54, 1.807) is 0 Å². The SMILES string of the molecule is CC(C)CSCC(O)CCCC1CCCO1. The molecular weight excluding hydrogens is 220 g/mol. The fourth-order valence-electron chi connectivity index (χ4n) is 1.98. The maximum atomic E-state index is 9.77. The van der Waals surface area contributed by atoms with Gasteiger partial charge in [-0.3, -0.25) is 0 Å². The van der Waals surface area contributed by atoms with Crippen molar-refractivity contribution in [3.05, 3.63) is 0 Å². The summed E-state index contributed by atoms with van der Waals surface area (Å²) in [6.45, 7) is 5.38. The first-order valence-corrected chi connectivity index (χ1v) is 7.71. The molecule has 1 aliphatic rings. The smallest absolute Gasteiger partial charge is 0.0630 e. The highest BCUT2D eigenvalue weighted by molar-refractivity contribution is 7.99. The van der Waals surface area contributed by atoms with Crippen LogP contribution in [0.15, 0.2) is 0 Å². The summed E-state index contributed by atoms with van der Waals surface area (Å²) in [5, 5.41) is 9.77. The first-order valence-electron chi connectivity index (χ1n) is 6.56. The van der Waals surface area contributed by atoms with Crippen LogP contribution in [0.2, 0.25) is 0 Å². The number of aliphatic hydroxyl groups excluding tert-OH is 1. The second-order valence-corrected chi connectivity index (χ2v) is 6.23.